The fraction of sp³-hybridized carbons (Fsp3) is 0.571. The van der Waals surface area contributed by atoms with Gasteiger partial charge >= 0.3 is 0 Å². The molecule has 104 valence electrons. The van der Waals surface area contributed by atoms with Gasteiger partial charge < -0.3 is 9.72 Å². The lowest BCUT2D eigenvalue weighted by atomic mass is 10.1. The lowest BCUT2D eigenvalue weighted by molar-refractivity contribution is 0.111. The van der Waals surface area contributed by atoms with E-state index in [4.69, 9.17) is 4.74 Å². The summed E-state index contributed by atoms with van der Waals surface area (Å²) in [7, 11) is 1.71. The second-order valence-electron chi connectivity index (χ2n) is 4.03. The summed E-state index contributed by atoms with van der Waals surface area (Å²) in [4.78, 5) is 24.0. The van der Waals surface area contributed by atoms with Crippen molar-refractivity contribution in [3.05, 3.63) is 22.5 Å². The number of rotatable bonds is 6. The number of carbonyl (C=O) groups is 2. The van der Waals surface area contributed by atoms with E-state index in [-0.39, 0.29) is 1.43 Å². The lowest BCUT2D eigenvalue weighted by Crippen LogP contribution is -1.90. The number of carbonyl (C=O) groups excluding carboxylic acids is 2. The van der Waals surface area contributed by atoms with Crippen molar-refractivity contribution in [2.75, 3.05) is 13.7 Å². The fourth-order valence-electron chi connectivity index (χ4n) is 1.67. The molecule has 0 aromatic carbocycles. The van der Waals surface area contributed by atoms with Crippen LogP contribution < -0.4 is 0 Å². The summed E-state index contributed by atoms with van der Waals surface area (Å²) in [6, 6.07) is 0. The Labute approximate surface area is 110 Å². The molecule has 0 bridgehead atoms. The summed E-state index contributed by atoms with van der Waals surface area (Å²) in [5.41, 5.74) is 2.94. The first-order valence-electron chi connectivity index (χ1n) is 6.26. The second-order valence-corrected chi connectivity index (χ2v) is 4.03. The highest BCUT2D eigenvalue weighted by Crippen LogP contribution is 2.17. The highest BCUT2D eigenvalue weighted by Gasteiger charge is 2.11. The second kappa shape index (κ2) is 9.59. The Kier molecular flexibility index (Phi) is 8.84. The van der Waals surface area contributed by atoms with Crippen molar-refractivity contribution < 1.29 is 15.8 Å². The van der Waals surface area contributed by atoms with Crippen molar-refractivity contribution in [1.29, 1.82) is 0 Å². The highest BCUT2D eigenvalue weighted by atomic mass is 16.5. The number of aldehydes is 2. The van der Waals surface area contributed by atoms with E-state index in [0.29, 0.717) is 11.4 Å². The zero-order valence-electron chi connectivity index (χ0n) is 11.7. The molecular formula is C14H25NO3. The first-order chi connectivity index (χ1) is 8.65. The smallest absolute Gasteiger partial charge is 0.166 e. The summed E-state index contributed by atoms with van der Waals surface area (Å²) in [6.07, 6.45) is 4.45. The van der Waals surface area contributed by atoms with Gasteiger partial charge in [-0.15, -0.1) is 0 Å². The van der Waals surface area contributed by atoms with E-state index < -0.39 is 0 Å². The average molecular weight is 255 g/mol. The average Bonchev–Trinajstić information content (AvgIpc) is 2.68. The topological polar surface area (TPSA) is 59.2 Å². The molecule has 1 rings (SSSR count). The summed E-state index contributed by atoms with van der Waals surface area (Å²) in [5.74, 6) is 0. The molecule has 4 heteroatoms. The largest absolute Gasteiger partial charge is 0.385 e. The fourth-order valence-corrected chi connectivity index (χ4v) is 1.67. The van der Waals surface area contributed by atoms with Crippen LogP contribution in [0.3, 0.4) is 0 Å². The van der Waals surface area contributed by atoms with Gasteiger partial charge in [-0.3, -0.25) is 9.59 Å². The molecule has 4 nitrogen and oxygen atoms in total. The van der Waals surface area contributed by atoms with E-state index >= 15 is 0 Å². The van der Waals surface area contributed by atoms with Crippen molar-refractivity contribution in [3.8, 4) is 0 Å². The summed E-state index contributed by atoms with van der Waals surface area (Å²) in [5, 5.41) is 0. The number of aromatic nitrogens is 1. The van der Waals surface area contributed by atoms with E-state index in [1.54, 1.807) is 7.11 Å². The minimum atomic E-state index is 0. The molecule has 1 aromatic rings. The molecule has 1 aromatic heterocycles. The van der Waals surface area contributed by atoms with E-state index in [2.05, 4.69) is 11.9 Å². The number of aromatic amines is 1. The molecule has 1 N–H and O–H groups in total. The van der Waals surface area contributed by atoms with Crippen LogP contribution in [0.25, 0.3) is 0 Å². The van der Waals surface area contributed by atoms with Crippen LogP contribution >= 0.6 is 0 Å². The van der Waals surface area contributed by atoms with Gasteiger partial charge in [0, 0.05) is 15.1 Å². The summed E-state index contributed by atoms with van der Waals surface area (Å²) in [6.45, 7) is 6.88. The van der Waals surface area contributed by atoms with Crippen LogP contribution in [0.5, 0.6) is 0 Å². The summed E-state index contributed by atoms with van der Waals surface area (Å²) < 4.78 is 4.69. The molecule has 0 aliphatic carbocycles. The van der Waals surface area contributed by atoms with Gasteiger partial charge in [0.2, 0.25) is 0 Å². The highest BCUT2D eigenvalue weighted by molar-refractivity contribution is 5.83. The van der Waals surface area contributed by atoms with Gasteiger partial charge in [-0.25, -0.2) is 0 Å². The van der Waals surface area contributed by atoms with Crippen molar-refractivity contribution in [1.82, 2.24) is 4.98 Å². The van der Waals surface area contributed by atoms with E-state index in [1.807, 2.05) is 13.8 Å². The maximum absolute atomic E-state index is 10.6. The van der Waals surface area contributed by atoms with Crippen molar-refractivity contribution in [2.24, 2.45) is 0 Å². The van der Waals surface area contributed by atoms with Gasteiger partial charge in [0.15, 0.2) is 12.6 Å². The minimum Gasteiger partial charge on any atom is -0.385 e. The Hall–Kier alpha value is -1.42. The Balaban J connectivity index is 0. The molecule has 0 spiro atoms. The molecule has 0 fully saturated rings. The first-order valence-corrected chi connectivity index (χ1v) is 6.26. The van der Waals surface area contributed by atoms with Crippen LogP contribution in [0.2, 0.25) is 0 Å². The Morgan fingerprint density at radius 1 is 1.17 bits per heavy atom. The first kappa shape index (κ1) is 16.6. The molecule has 0 aliphatic heterocycles. The zero-order chi connectivity index (χ0) is 14.0. The molecule has 18 heavy (non-hydrogen) atoms. The molecule has 0 saturated carbocycles. The molecule has 0 atom stereocenters. The molecule has 0 amide bonds. The van der Waals surface area contributed by atoms with Crippen LogP contribution in [-0.4, -0.2) is 31.3 Å². The molecular weight excluding hydrogens is 230 g/mol. The third-order valence-corrected chi connectivity index (χ3v) is 2.60. The van der Waals surface area contributed by atoms with Crippen LogP contribution in [0, 0.1) is 6.92 Å². The lowest BCUT2D eigenvalue weighted by Gasteiger charge is -1.97. The Morgan fingerprint density at radius 2 is 1.78 bits per heavy atom. The van der Waals surface area contributed by atoms with Crippen LogP contribution in [-0.2, 0) is 11.2 Å². The zero-order valence-corrected chi connectivity index (χ0v) is 11.7. The molecule has 0 saturated heterocycles. The minimum absolute atomic E-state index is 0. The number of H-pyrrole nitrogens is 1. The van der Waals surface area contributed by atoms with Crippen molar-refractivity contribution in [3.63, 3.8) is 0 Å². The molecule has 0 unspecified atom stereocenters. The van der Waals surface area contributed by atoms with Crippen LogP contribution in [0.4, 0.5) is 0 Å². The number of methoxy groups -OCH3 is 1. The van der Waals surface area contributed by atoms with E-state index in [9.17, 15) is 9.59 Å². The van der Waals surface area contributed by atoms with Crippen molar-refractivity contribution in [2.45, 2.75) is 40.0 Å². The number of nitrogens with one attached hydrogen (secondary N) is 1. The third-order valence-electron chi connectivity index (χ3n) is 2.60. The third kappa shape index (κ3) is 4.84. The monoisotopic (exact) mass is 255 g/mol. The number of hydrogen-bond acceptors (Lipinski definition) is 3. The molecule has 0 radical (unpaired) electrons. The van der Waals surface area contributed by atoms with Crippen LogP contribution in [0.1, 0.15) is 60.2 Å². The summed E-state index contributed by atoms with van der Waals surface area (Å²) >= 11 is 0. The number of hydrogen-bond donors (Lipinski definition) is 1. The predicted molar refractivity (Wildman–Crippen MR) is 74.6 cm³/mol. The van der Waals surface area contributed by atoms with Gasteiger partial charge in [0.05, 0.1) is 11.4 Å². The Bertz CT molecular complexity index is 373. The van der Waals surface area contributed by atoms with Gasteiger partial charge in [0.25, 0.3) is 0 Å². The van der Waals surface area contributed by atoms with Gasteiger partial charge in [0.1, 0.15) is 0 Å². The van der Waals surface area contributed by atoms with E-state index in [0.717, 1.165) is 49.6 Å². The maximum Gasteiger partial charge on any atom is 0.166 e. The predicted octanol–water partition coefficient (Wildman–Crippen LogP) is 3.19. The van der Waals surface area contributed by atoms with Crippen molar-refractivity contribution >= 4 is 12.6 Å². The Morgan fingerprint density at radius 3 is 2.11 bits per heavy atom. The van der Waals surface area contributed by atoms with Crippen LogP contribution in [0.15, 0.2) is 0 Å². The van der Waals surface area contributed by atoms with Gasteiger partial charge in [-0.2, -0.15) is 0 Å². The maximum atomic E-state index is 10.6. The quantitative estimate of drug-likeness (QED) is 0.794. The van der Waals surface area contributed by atoms with Gasteiger partial charge in [-0.1, -0.05) is 20.3 Å². The van der Waals surface area contributed by atoms with E-state index in [1.165, 1.54) is 0 Å². The SMILES string of the molecule is CCCOC.CCCc1c(C=O)[nH]c(C=O)c1C.[HH]. The number of ether oxygens (including phenoxy) is 1. The molecule has 0 aliphatic rings. The standard InChI is InChI=1S/C10H13NO2.C4H10O.H2/c1-3-4-8-7(2)9(5-12)11-10(8)6-13;1-3-4-5-2;/h5-6,11H,3-4H2,1-2H3;3-4H2,1-2H3;1H. The molecule has 1 heterocycles. The normalized spacial score (nSPS) is 9.56. The van der Waals surface area contributed by atoms with Gasteiger partial charge in [-0.05, 0) is 30.9 Å².